The van der Waals surface area contributed by atoms with E-state index in [0.29, 0.717) is 43.9 Å². The zero-order valence-corrected chi connectivity index (χ0v) is 16.4. The molecule has 28 heavy (non-hydrogen) atoms. The summed E-state index contributed by atoms with van der Waals surface area (Å²) in [5.74, 6) is 0.0304. The van der Waals surface area contributed by atoms with Crippen molar-refractivity contribution >= 4 is 39.9 Å². The quantitative estimate of drug-likeness (QED) is 0.515. The third kappa shape index (κ3) is 2.96. The van der Waals surface area contributed by atoms with Crippen LogP contribution in [0.2, 0.25) is 5.02 Å². The van der Waals surface area contributed by atoms with Crippen LogP contribution in [-0.4, -0.2) is 39.8 Å². The molecule has 0 aliphatic carbocycles. The number of imidazole rings is 1. The molecule has 9 heteroatoms. The van der Waals surface area contributed by atoms with Gasteiger partial charge in [-0.2, -0.15) is 0 Å². The number of nitrogens with zero attached hydrogens (tertiary/aromatic N) is 3. The largest absolute Gasteiger partial charge is 0.493 e. The Hall–Kier alpha value is -3.10. The summed E-state index contributed by atoms with van der Waals surface area (Å²) in [7, 11) is 3.10. The summed E-state index contributed by atoms with van der Waals surface area (Å²) >= 11 is 7.31. The smallest absolute Gasteiger partial charge is 0.348 e. The van der Waals surface area contributed by atoms with Crippen molar-refractivity contribution in [1.29, 1.82) is 0 Å². The Labute approximate surface area is 168 Å². The van der Waals surface area contributed by atoms with Crippen molar-refractivity contribution in [3.63, 3.8) is 0 Å². The maximum atomic E-state index is 11.8. The fraction of sp³-hybridized carbons (Fsp3) is 0.105. The van der Waals surface area contributed by atoms with Gasteiger partial charge in [0.15, 0.2) is 16.6 Å². The Morgan fingerprint density at radius 2 is 1.89 bits per heavy atom. The number of rotatable bonds is 5. The minimum Gasteiger partial charge on any atom is -0.493 e. The average molecular weight is 416 g/mol. The number of aromatic carboxylic acids is 1. The molecular formula is C19H14ClN3O4S. The lowest BCUT2D eigenvalue weighted by Gasteiger charge is -2.07. The minimum absolute atomic E-state index is 0.102. The van der Waals surface area contributed by atoms with Crippen LogP contribution < -0.4 is 9.47 Å². The predicted molar refractivity (Wildman–Crippen MR) is 107 cm³/mol. The Bertz CT molecular complexity index is 1200. The van der Waals surface area contributed by atoms with Crippen LogP contribution in [0.25, 0.3) is 27.4 Å². The lowest BCUT2D eigenvalue weighted by molar-refractivity contribution is 0.0702. The van der Waals surface area contributed by atoms with Crippen molar-refractivity contribution < 1.29 is 19.4 Å². The Balaban J connectivity index is 1.92. The molecular weight excluding hydrogens is 402 g/mol. The summed E-state index contributed by atoms with van der Waals surface area (Å²) in [5.41, 5.74) is 2.27. The molecule has 0 aliphatic rings. The van der Waals surface area contributed by atoms with E-state index in [2.05, 4.69) is 9.97 Å². The zero-order chi connectivity index (χ0) is 19.8. The number of aromatic nitrogens is 3. The van der Waals surface area contributed by atoms with Gasteiger partial charge in [0.25, 0.3) is 0 Å². The molecule has 1 N–H and O–H groups in total. The van der Waals surface area contributed by atoms with Gasteiger partial charge in [-0.1, -0.05) is 41.1 Å². The number of halogens is 1. The second kappa shape index (κ2) is 7.14. The number of ether oxygens (including phenoxy) is 2. The van der Waals surface area contributed by atoms with Crippen molar-refractivity contribution in [2.45, 2.75) is 0 Å². The van der Waals surface area contributed by atoms with E-state index in [1.165, 1.54) is 0 Å². The molecule has 2 aromatic carbocycles. The van der Waals surface area contributed by atoms with Gasteiger partial charge in [-0.05, 0) is 6.07 Å². The number of hydrogen-bond acceptors (Lipinski definition) is 6. The third-order valence-corrected chi connectivity index (χ3v) is 5.57. The van der Waals surface area contributed by atoms with E-state index >= 15 is 0 Å². The molecule has 7 nitrogen and oxygen atoms in total. The van der Waals surface area contributed by atoms with Crippen LogP contribution in [0.15, 0.2) is 42.7 Å². The molecule has 0 radical (unpaired) electrons. The monoisotopic (exact) mass is 415 g/mol. The van der Waals surface area contributed by atoms with Crippen molar-refractivity contribution in [2.75, 3.05) is 14.2 Å². The normalized spacial score (nSPS) is 11.0. The fourth-order valence-electron chi connectivity index (χ4n) is 2.88. The van der Waals surface area contributed by atoms with Crippen LogP contribution in [0.4, 0.5) is 0 Å². The van der Waals surface area contributed by atoms with Gasteiger partial charge < -0.3 is 14.6 Å². The van der Waals surface area contributed by atoms with Gasteiger partial charge >= 0.3 is 5.97 Å². The van der Waals surface area contributed by atoms with Crippen LogP contribution in [0, 0.1) is 0 Å². The third-order valence-electron chi connectivity index (χ3n) is 4.20. The Morgan fingerprint density at radius 3 is 2.57 bits per heavy atom. The van der Waals surface area contributed by atoms with Crippen LogP contribution in [0.5, 0.6) is 11.5 Å². The lowest BCUT2D eigenvalue weighted by atomic mass is 10.1. The molecule has 0 saturated heterocycles. The molecule has 0 saturated carbocycles. The van der Waals surface area contributed by atoms with Gasteiger partial charge in [0.2, 0.25) is 0 Å². The number of thiazole rings is 1. The second-order valence-corrected chi connectivity index (χ2v) is 7.15. The first kappa shape index (κ1) is 18.3. The second-order valence-electron chi connectivity index (χ2n) is 5.77. The molecule has 0 aliphatic heterocycles. The maximum Gasteiger partial charge on any atom is 0.348 e. The standard InChI is InChI=1S/C19H14ClN3O4S/c1-26-14-7-12-13(8-15(14)27-2)23(9-21-12)19-22-16(17(28-19)18(24)25)10-5-3-4-6-11(10)20/h3-9H,1-2H3,(H,24,25). The topological polar surface area (TPSA) is 86.5 Å². The number of benzene rings is 2. The molecule has 0 amide bonds. The molecule has 4 rings (SSSR count). The number of carboxylic acids is 1. The highest BCUT2D eigenvalue weighted by atomic mass is 35.5. The molecule has 2 aromatic heterocycles. The first-order valence-corrected chi connectivity index (χ1v) is 9.31. The van der Waals surface area contributed by atoms with Crippen LogP contribution in [-0.2, 0) is 0 Å². The Kier molecular flexibility index (Phi) is 4.66. The number of carboxylic acid groups (broad SMARTS) is 1. The molecule has 142 valence electrons. The number of methoxy groups -OCH3 is 2. The van der Waals surface area contributed by atoms with Crippen molar-refractivity contribution in [3.8, 4) is 27.9 Å². The maximum absolute atomic E-state index is 11.8. The first-order chi connectivity index (χ1) is 13.5. The number of hydrogen-bond donors (Lipinski definition) is 1. The summed E-state index contributed by atoms with van der Waals surface area (Å²) in [6.45, 7) is 0. The fourth-order valence-corrected chi connectivity index (χ4v) is 4.01. The minimum atomic E-state index is -1.07. The predicted octanol–water partition coefficient (Wildman–Crippen LogP) is 4.52. The molecule has 0 unspecified atom stereocenters. The summed E-state index contributed by atoms with van der Waals surface area (Å²) in [4.78, 5) is 20.8. The Morgan fingerprint density at radius 1 is 1.18 bits per heavy atom. The molecule has 0 fully saturated rings. The van der Waals surface area contributed by atoms with Crippen LogP contribution >= 0.6 is 22.9 Å². The number of carbonyl (C=O) groups is 1. The highest BCUT2D eigenvalue weighted by Gasteiger charge is 2.22. The summed E-state index contributed by atoms with van der Waals surface area (Å²) in [5, 5.41) is 10.6. The van der Waals surface area contributed by atoms with E-state index in [9.17, 15) is 9.90 Å². The van der Waals surface area contributed by atoms with Crippen LogP contribution in [0.1, 0.15) is 9.67 Å². The van der Waals surface area contributed by atoms with E-state index in [4.69, 9.17) is 21.1 Å². The van der Waals surface area contributed by atoms with Crippen molar-refractivity contribution in [1.82, 2.24) is 14.5 Å². The first-order valence-electron chi connectivity index (χ1n) is 8.12. The molecule has 0 bridgehead atoms. The lowest BCUT2D eigenvalue weighted by Crippen LogP contribution is -1.96. The van der Waals surface area contributed by atoms with E-state index in [1.54, 1.807) is 61.5 Å². The van der Waals surface area contributed by atoms with E-state index in [0.717, 1.165) is 11.3 Å². The van der Waals surface area contributed by atoms with E-state index < -0.39 is 5.97 Å². The highest BCUT2D eigenvalue weighted by molar-refractivity contribution is 7.16. The van der Waals surface area contributed by atoms with Crippen molar-refractivity contribution in [2.24, 2.45) is 0 Å². The molecule has 0 spiro atoms. The van der Waals surface area contributed by atoms with Crippen LogP contribution in [0.3, 0.4) is 0 Å². The zero-order valence-electron chi connectivity index (χ0n) is 14.8. The SMILES string of the molecule is COc1cc2ncn(-c3nc(-c4ccccc4Cl)c(C(=O)O)s3)c2cc1OC. The van der Waals surface area contributed by atoms with Crippen molar-refractivity contribution in [3.05, 3.63) is 52.6 Å². The van der Waals surface area contributed by atoms with E-state index in [1.807, 2.05) is 0 Å². The highest BCUT2D eigenvalue weighted by Crippen LogP contribution is 2.37. The van der Waals surface area contributed by atoms with E-state index in [-0.39, 0.29) is 4.88 Å². The summed E-state index contributed by atoms with van der Waals surface area (Å²) in [6.07, 6.45) is 1.59. The molecule has 4 aromatic rings. The van der Waals surface area contributed by atoms with Gasteiger partial charge in [0, 0.05) is 17.7 Å². The molecule has 2 heterocycles. The summed E-state index contributed by atoms with van der Waals surface area (Å²) in [6, 6.07) is 10.5. The van der Waals surface area contributed by atoms with Gasteiger partial charge in [-0.3, -0.25) is 4.57 Å². The van der Waals surface area contributed by atoms with Gasteiger partial charge in [0.05, 0.1) is 36.0 Å². The number of fused-ring (bicyclic) bond motifs is 1. The van der Waals surface area contributed by atoms with Gasteiger partial charge in [0.1, 0.15) is 11.2 Å². The van der Waals surface area contributed by atoms with Gasteiger partial charge in [-0.15, -0.1) is 0 Å². The molecule has 0 atom stereocenters. The average Bonchev–Trinajstić information content (AvgIpc) is 3.31. The van der Waals surface area contributed by atoms with Gasteiger partial charge in [-0.25, -0.2) is 14.8 Å². The summed E-state index contributed by atoms with van der Waals surface area (Å²) < 4.78 is 12.4.